The molecule has 1 aliphatic carbocycles. The van der Waals surface area contributed by atoms with Crippen LogP contribution in [0.4, 0.5) is 0 Å². The molecule has 0 aliphatic heterocycles. The monoisotopic (exact) mass is 341 g/mol. The van der Waals surface area contributed by atoms with Gasteiger partial charge in [-0.05, 0) is 71.8 Å². The SMILES string of the molecule is CCc1nn(C)c(CC2CC(C)(C)CCC2CN)c1Br. The number of nitrogens with zero attached hydrogens (tertiary/aromatic N) is 2. The van der Waals surface area contributed by atoms with Crippen LogP contribution in [-0.2, 0) is 19.9 Å². The topological polar surface area (TPSA) is 43.8 Å². The van der Waals surface area contributed by atoms with E-state index in [1.54, 1.807) is 0 Å². The maximum Gasteiger partial charge on any atom is 0.0766 e. The van der Waals surface area contributed by atoms with E-state index < -0.39 is 0 Å². The van der Waals surface area contributed by atoms with E-state index in [1.807, 2.05) is 0 Å². The van der Waals surface area contributed by atoms with E-state index in [9.17, 15) is 0 Å². The van der Waals surface area contributed by atoms with Crippen LogP contribution >= 0.6 is 15.9 Å². The molecule has 0 spiro atoms. The average molecular weight is 342 g/mol. The van der Waals surface area contributed by atoms with Crippen LogP contribution in [0.3, 0.4) is 0 Å². The Bertz CT molecular complexity index is 465. The summed E-state index contributed by atoms with van der Waals surface area (Å²) in [6.07, 6.45) is 5.91. The molecule has 1 fully saturated rings. The van der Waals surface area contributed by atoms with E-state index in [0.29, 0.717) is 17.3 Å². The fourth-order valence-corrected chi connectivity index (χ4v) is 4.41. The van der Waals surface area contributed by atoms with E-state index in [1.165, 1.54) is 35.1 Å². The van der Waals surface area contributed by atoms with Crippen molar-refractivity contribution in [2.75, 3.05) is 6.54 Å². The quantitative estimate of drug-likeness (QED) is 0.907. The molecule has 2 unspecified atom stereocenters. The van der Waals surface area contributed by atoms with Crippen molar-refractivity contribution in [1.29, 1.82) is 0 Å². The highest BCUT2D eigenvalue weighted by Crippen LogP contribution is 2.43. The first-order chi connectivity index (χ1) is 9.38. The van der Waals surface area contributed by atoms with Gasteiger partial charge >= 0.3 is 0 Å². The van der Waals surface area contributed by atoms with Gasteiger partial charge in [-0.1, -0.05) is 20.8 Å². The van der Waals surface area contributed by atoms with E-state index in [0.717, 1.165) is 19.4 Å². The van der Waals surface area contributed by atoms with E-state index in [2.05, 4.69) is 53.5 Å². The second kappa shape index (κ2) is 6.18. The molecule has 20 heavy (non-hydrogen) atoms. The Morgan fingerprint density at radius 2 is 2.10 bits per heavy atom. The van der Waals surface area contributed by atoms with Gasteiger partial charge in [-0.15, -0.1) is 0 Å². The maximum atomic E-state index is 6.01. The van der Waals surface area contributed by atoms with Crippen LogP contribution in [0.2, 0.25) is 0 Å². The predicted molar refractivity (Wildman–Crippen MR) is 87.7 cm³/mol. The standard InChI is InChI=1S/C16H28BrN3/c1-5-13-15(17)14(20(4)19-13)8-12-9-16(2,3)7-6-11(12)10-18/h11-12H,5-10,18H2,1-4H3. The normalized spacial score (nSPS) is 25.9. The number of nitrogens with two attached hydrogens (primary N) is 1. The minimum Gasteiger partial charge on any atom is -0.330 e. The zero-order valence-corrected chi connectivity index (χ0v) is 14.8. The maximum absolute atomic E-state index is 6.01. The molecule has 2 atom stereocenters. The Morgan fingerprint density at radius 3 is 2.65 bits per heavy atom. The Morgan fingerprint density at radius 1 is 1.40 bits per heavy atom. The van der Waals surface area contributed by atoms with Gasteiger partial charge in [0.15, 0.2) is 0 Å². The first-order valence-electron chi connectivity index (χ1n) is 7.78. The molecule has 0 radical (unpaired) electrons. The van der Waals surface area contributed by atoms with Gasteiger partial charge in [0.25, 0.3) is 0 Å². The second-order valence-electron chi connectivity index (χ2n) is 7.05. The molecule has 2 rings (SSSR count). The summed E-state index contributed by atoms with van der Waals surface area (Å²) in [6.45, 7) is 7.76. The number of hydrogen-bond acceptors (Lipinski definition) is 2. The van der Waals surface area contributed by atoms with Crippen LogP contribution in [0, 0.1) is 17.3 Å². The molecule has 1 aliphatic rings. The Balaban J connectivity index is 2.20. The zero-order valence-electron chi connectivity index (χ0n) is 13.2. The summed E-state index contributed by atoms with van der Waals surface area (Å²) in [6, 6.07) is 0. The van der Waals surface area contributed by atoms with Crippen LogP contribution in [0.15, 0.2) is 4.47 Å². The fourth-order valence-electron chi connectivity index (χ4n) is 3.63. The number of halogens is 1. The summed E-state index contributed by atoms with van der Waals surface area (Å²) in [4.78, 5) is 0. The molecule has 0 amide bonds. The lowest BCUT2D eigenvalue weighted by atomic mass is 9.66. The minimum atomic E-state index is 0.453. The molecular formula is C16H28BrN3. The molecule has 0 saturated heterocycles. The van der Waals surface area contributed by atoms with Gasteiger partial charge in [-0.25, -0.2) is 0 Å². The summed E-state index contributed by atoms with van der Waals surface area (Å²) < 4.78 is 3.26. The molecule has 114 valence electrons. The third-order valence-electron chi connectivity index (χ3n) is 4.93. The van der Waals surface area contributed by atoms with Crippen LogP contribution in [-0.4, -0.2) is 16.3 Å². The molecule has 1 aromatic heterocycles. The first-order valence-corrected chi connectivity index (χ1v) is 8.57. The molecule has 0 bridgehead atoms. The molecule has 1 heterocycles. The molecule has 4 heteroatoms. The van der Waals surface area contributed by atoms with Crippen LogP contribution in [0.1, 0.15) is 51.4 Å². The van der Waals surface area contributed by atoms with E-state index in [4.69, 9.17) is 5.73 Å². The van der Waals surface area contributed by atoms with Crippen LogP contribution < -0.4 is 5.73 Å². The summed E-state index contributed by atoms with van der Waals surface area (Å²) in [5.41, 5.74) is 8.97. The number of aryl methyl sites for hydroxylation is 2. The van der Waals surface area contributed by atoms with E-state index in [-0.39, 0.29) is 0 Å². The number of rotatable bonds is 4. The van der Waals surface area contributed by atoms with Gasteiger partial charge in [-0.2, -0.15) is 5.10 Å². The van der Waals surface area contributed by atoms with Crippen molar-refractivity contribution >= 4 is 15.9 Å². The van der Waals surface area contributed by atoms with Crippen LogP contribution in [0.5, 0.6) is 0 Å². The minimum absolute atomic E-state index is 0.453. The van der Waals surface area contributed by atoms with Crippen molar-refractivity contribution in [2.24, 2.45) is 30.0 Å². The first kappa shape index (κ1) is 16.0. The lowest BCUT2D eigenvalue weighted by Crippen LogP contribution is -2.35. The van der Waals surface area contributed by atoms with Gasteiger partial charge in [0.2, 0.25) is 0 Å². The summed E-state index contributed by atoms with van der Waals surface area (Å²) in [7, 11) is 2.06. The number of aromatic nitrogens is 2. The molecule has 2 N–H and O–H groups in total. The van der Waals surface area contributed by atoms with E-state index >= 15 is 0 Å². The van der Waals surface area contributed by atoms with Gasteiger partial charge in [0, 0.05) is 7.05 Å². The number of hydrogen-bond donors (Lipinski definition) is 1. The van der Waals surface area contributed by atoms with Gasteiger partial charge in [0.05, 0.1) is 15.9 Å². The summed E-state index contributed by atoms with van der Waals surface area (Å²) in [5.74, 6) is 1.34. The summed E-state index contributed by atoms with van der Waals surface area (Å²) in [5, 5.41) is 4.62. The Labute approximate surface area is 131 Å². The smallest absolute Gasteiger partial charge is 0.0766 e. The van der Waals surface area contributed by atoms with Crippen molar-refractivity contribution in [1.82, 2.24) is 9.78 Å². The van der Waals surface area contributed by atoms with Gasteiger partial charge < -0.3 is 5.73 Å². The molecule has 0 aromatic carbocycles. The van der Waals surface area contributed by atoms with Crippen molar-refractivity contribution in [3.63, 3.8) is 0 Å². The highest BCUT2D eigenvalue weighted by molar-refractivity contribution is 9.10. The predicted octanol–water partition coefficient (Wildman–Crippen LogP) is 3.69. The zero-order chi connectivity index (χ0) is 14.9. The third-order valence-corrected chi connectivity index (χ3v) is 5.85. The molecule has 1 aromatic rings. The van der Waals surface area contributed by atoms with Crippen molar-refractivity contribution in [3.8, 4) is 0 Å². The van der Waals surface area contributed by atoms with Crippen molar-refractivity contribution < 1.29 is 0 Å². The largest absolute Gasteiger partial charge is 0.330 e. The van der Waals surface area contributed by atoms with Gasteiger partial charge in [0.1, 0.15) is 0 Å². The van der Waals surface area contributed by atoms with Crippen LogP contribution in [0.25, 0.3) is 0 Å². The summed E-state index contributed by atoms with van der Waals surface area (Å²) >= 11 is 3.74. The van der Waals surface area contributed by atoms with Crippen molar-refractivity contribution in [3.05, 3.63) is 15.9 Å². The van der Waals surface area contributed by atoms with Gasteiger partial charge in [-0.3, -0.25) is 4.68 Å². The Kier molecular flexibility index (Phi) is 4.96. The molecule has 3 nitrogen and oxygen atoms in total. The lowest BCUT2D eigenvalue weighted by Gasteiger charge is -2.40. The fraction of sp³-hybridized carbons (Fsp3) is 0.812. The lowest BCUT2D eigenvalue weighted by molar-refractivity contribution is 0.120. The highest BCUT2D eigenvalue weighted by Gasteiger charge is 2.35. The van der Waals surface area contributed by atoms with Crippen molar-refractivity contribution in [2.45, 2.75) is 52.9 Å². The Hall–Kier alpha value is -0.350. The molecular weight excluding hydrogens is 314 g/mol. The highest BCUT2D eigenvalue weighted by atomic mass is 79.9. The second-order valence-corrected chi connectivity index (χ2v) is 7.84. The third kappa shape index (κ3) is 3.28. The molecule has 1 saturated carbocycles. The average Bonchev–Trinajstić information content (AvgIpc) is 2.65.